The maximum atomic E-state index is 6.01. The third kappa shape index (κ3) is 4.08. The molecule has 2 aromatic rings. The zero-order valence-corrected chi connectivity index (χ0v) is 12.6. The summed E-state index contributed by atoms with van der Waals surface area (Å²) in [6, 6.07) is 7.87. The van der Waals surface area contributed by atoms with Crippen molar-refractivity contribution >= 4 is 11.5 Å². The lowest BCUT2D eigenvalue weighted by atomic mass is 10.1. The average molecular weight is 286 g/mol. The molecule has 0 aliphatic rings. The van der Waals surface area contributed by atoms with Gasteiger partial charge in [-0.1, -0.05) is 25.1 Å². The summed E-state index contributed by atoms with van der Waals surface area (Å²) in [5, 5.41) is 0. The summed E-state index contributed by atoms with van der Waals surface area (Å²) in [6.07, 6.45) is 4.34. The van der Waals surface area contributed by atoms with E-state index < -0.39 is 0 Å². The van der Waals surface area contributed by atoms with E-state index in [9.17, 15) is 0 Å². The Kier molecular flexibility index (Phi) is 5.37. The predicted molar refractivity (Wildman–Crippen MR) is 85.4 cm³/mol. The molecule has 0 unspecified atom stereocenters. The average Bonchev–Trinajstić information content (AvgIpc) is 2.52. The Morgan fingerprint density at radius 3 is 2.71 bits per heavy atom. The molecule has 2 N–H and O–H groups in total. The highest BCUT2D eigenvalue weighted by Gasteiger charge is 2.10. The van der Waals surface area contributed by atoms with Gasteiger partial charge in [-0.15, -0.1) is 0 Å². The zero-order chi connectivity index (χ0) is 15.1. The van der Waals surface area contributed by atoms with Crippen LogP contribution in [0.25, 0.3) is 0 Å². The second kappa shape index (κ2) is 7.47. The molecule has 0 atom stereocenters. The van der Waals surface area contributed by atoms with Gasteiger partial charge in [-0.25, -0.2) is 0 Å². The highest BCUT2D eigenvalue weighted by Crippen LogP contribution is 2.19. The number of benzene rings is 1. The van der Waals surface area contributed by atoms with E-state index in [1.807, 2.05) is 24.3 Å². The van der Waals surface area contributed by atoms with E-state index in [1.54, 1.807) is 12.4 Å². The Bertz CT molecular complexity index is 574. The van der Waals surface area contributed by atoms with Gasteiger partial charge in [0.1, 0.15) is 0 Å². The first-order valence-corrected chi connectivity index (χ1v) is 7.27. The van der Waals surface area contributed by atoms with E-state index in [2.05, 4.69) is 28.7 Å². The van der Waals surface area contributed by atoms with Crippen molar-refractivity contribution in [2.45, 2.75) is 26.8 Å². The maximum absolute atomic E-state index is 6.01. The fourth-order valence-electron chi connectivity index (χ4n) is 2.01. The van der Waals surface area contributed by atoms with Gasteiger partial charge in [0.25, 0.3) is 0 Å². The van der Waals surface area contributed by atoms with Gasteiger partial charge in [0, 0.05) is 18.8 Å². The Balaban J connectivity index is 2.15. The molecule has 5 heteroatoms. The molecular weight excluding hydrogens is 264 g/mol. The minimum Gasteiger partial charge on any atom is -0.477 e. The summed E-state index contributed by atoms with van der Waals surface area (Å²) in [4.78, 5) is 10.8. The fraction of sp³-hybridized carbons (Fsp3) is 0.375. The quantitative estimate of drug-likeness (QED) is 0.793. The van der Waals surface area contributed by atoms with Gasteiger partial charge in [-0.2, -0.15) is 4.98 Å². The van der Waals surface area contributed by atoms with E-state index >= 15 is 0 Å². The van der Waals surface area contributed by atoms with Crippen LogP contribution in [-0.2, 0) is 6.54 Å². The minimum atomic E-state index is 0.564. The van der Waals surface area contributed by atoms with Crippen LogP contribution in [0.5, 0.6) is 5.88 Å². The molecule has 1 aromatic heterocycles. The first-order chi connectivity index (χ1) is 10.2. The van der Waals surface area contributed by atoms with Gasteiger partial charge in [0.2, 0.25) is 5.88 Å². The highest BCUT2D eigenvalue weighted by atomic mass is 16.5. The number of nitrogens with two attached hydrogens (primary N) is 1. The predicted octanol–water partition coefficient (Wildman–Crippen LogP) is 2.87. The Hall–Kier alpha value is -2.30. The number of hydrogen-bond acceptors (Lipinski definition) is 5. The molecule has 5 nitrogen and oxygen atoms in total. The van der Waals surface area contributed by atoms with Gasteiger partial charge in [-0.05, 0) is 25.0 Å². The number of nitrogens with zero attached hydrogens (tertiary/aromatic N) is 3. The van der Waals surface area contributed by atoms with Crippen LogP contribution in [0.1, 0.15) is 25.8 Å². The molecule has 0 aliphatic carbocycles. The first-order valence-electron chi connectivity index (χ1n) is 7.27. The smallest absolute Gasteiger partial charge is 0.234 e. The van der Waals surface area contributed by atoms with E-state index in [-0.39, 0.29) is 0 Å². The molecule has 0 spiro atoms. The third-order valence-corrected chi connectivity index (χ3v) is 3.18. The van der Waals surface area contributed by atoms with E-state index in [1.165, 1.54) is 0 Å². The Morgan fingerprint density at radius 2 is 2.00 bits per heavy atom. The number of aromatic nitrogens is 2. The van der Waals surface area contributed by atoms with Gasteiger partial charge in [0.15, 0.2) is 5.82 Å². The number of rotatable bonds is 7. The molecule has 0 aliphatic heterocycles. The SMILES string of the molecule is CCCOc1cncc(N(CC)Cc2ccccc2N)n1. The van der Waals surface area contributed by atoms with Crippen LogP contribution in [-0.4, -0.2) is 23.1 Å². The van der Waals surface area contributed by atoms with E-state index in [0.29, 0.717) is 19.0 Å². The molecule has 2 rings (SSSR count). The standard InChI is InChI=1S/C16H22N4O/c1-3-9-21-16-11-18-10-15(19-16)20(4-2)12-13-7-5-6-8-14(13)17/h5-8,10-11H,3-4,9,12,17H2,1-2H3. The fourth-order valence-corrected chi connectivity index (χ4v) is 2.01. The van der Waals surface area contributed by atoms with Crippen molar-refractivity contribution in [3.63, 3.8) is 0 Å². The summed E-state index contributed by atoms with van der Waals surface area (Å²) in [5.74, 6) is 1.36. The summed E-state index contributed by atoms with van der Waals surface area (Å²) in [7, 11) is 0. The van der Waals surface area contributed by atoms with Crippen LogP contribution in [0, 0.1) is 0 Å². The summed E-state index contributed by atoms with van der Waals surface area (Å²) in [6.45, 7) is 6.32. The van der Waals surface area contributed by atoms with E-state index in [4.69, 9.17) is 10.5 Å². The summed E-state index contributed by atoms with van der Waals surface area (Å²) < 4.78 is 5.54. The zero-order valence-electron chi connectivity index (χ0n) is 12.6. The van der Waals surface area contributed by atoms with Crippen molar-refractivity contribution in [1.82, 2.24) is 9.97 Å². The van der Waals surface area contributed by atoms with Crippen molar-refractivity contribution < 1.29 is 4.74 Å². The second-order valence-electron chi connectivity index (χ2n) is 4.78. The number of nitrogen functional groups attached to an aromatic ring is 1. The molecule has 0 fully saturated rings. The third-order valence-electron chi connectivity index (χ3n) is 3.18. The number of hydrogen-bond donors (Lipinski definition) is 1. The monoisotopic (exact) mass is 286 g/mol. The van der Waals surface area contributed by atoms with Crippen molar-refractivity contribution in [1.29, 1.82) is 0 Å². The molecule has 112 valence electrons. The lowest BCUT2D eigenvalue weighted by molar-refractivity contribution is 0.304. The van der Waals surface area contributed by atoms with Crippen molar-refractivity contribution in [2.24, 2.45) is 0 Å². The lowest BCUT2D eigenvalue weighted by Gasteiger charge is -2.22. The van der Waals surface area contributed by atoms with Crippen LogP contribution in [0.2, 0.25) is 0 Å². The van der Waals surface area contributed by atoms with Crippen molar-refractivity contribution in [3.8, 4) is 5.88 Å². The lowest BCUT2D eigenvalue weighted by Crippen LogP contribution is -2.24. The Morgan fingerprint density at radius 1 is 1.19 bits per heavy atom. The molecule has 1 heterocycles. The number of anilines is 2. The molecule has 21 heavy (non-hydrogen) atoms. The van der Waals surface area contributed by atoms with Crippen LogP contribution >= 0.6 is 0 Å². The molecule has 0 saturated heterocycles. The van der Waals surface area contributed by atoms with Crippen LogP contribution in [0.4, 0.5) is 11.5 Å². The number of para-hydroxylation sites is 1. The van der Waals surface area contributed by atoms with Crippen molar-refractivity contribution in [2.75, 3.05) is 23.8 Å². The van der Waals surface area contributed by atoms with Crippen molar-refractivity contribution in [3.05, 3.63) is 42.2 Å². The minimum absolute atomic E-state index is 0.564. The molecule has 0 amide bonds. The summed E-state index contributed by atoms with van der Waals surface area (Å²) in [5.41, 5.74) is 7.89. The maximum Gasteiger partial charge on any atom is 0.234 e. The summed E-state index contributed by atoms with van der Waals surface area (Å²) >= 11 is 0. The highest BCUT2D eigenvalue weighted by molar-refractivity contribution is 5.49. The largest absolute Gasteiger partial charge is 0.477 e. The van der Waals surface area contributed by atoms with Gasteiger partial charge >= 0.3 is 0 Å². The van der Waals surface area contributed by atoms with Crippen LogP contribution in [0.3, 0.4) is 0 Å². The van der Waals surface area contributed by atoms with E-state index in [0.717, 1.165) is 30.0 Å². The van der Waals surface area contributed by atoms with Gasteiger partial charge < -0.3 is 15.4 Å². The van der Waals surface area contributed by atoms with Gasteiger partial charge in [0.05, 0.1) is 19.0 Å². The topological polar surface area (TPSA) is 64.3 Å². The molecule has 1 aromatic carbocycles. The Labute approximate surface area is 125 Å². The van der Waals surface area contributed by atoms with Crippen LogP contribution < -0.4 is 15.4 Å². The normalized spacial score (nSPS) is 10.4. The molecule has 0 saturated carbocycles. The van der Waals surface area contributed by atoms with Crippen LogP contribution in [0.15, 0.2) is 36.7 Å². The molecular formula is C16H22N4O. The van der Waals surface area contributed by atoms with Gasteiger partial charge in [-0.3, -0.25) is 4.98 Å². The number of ether oxygens (including phenoxy) is 1. The second-order valence-corrected chi connectivity index (χ2v) is 4.78. The first kappa shape index (κ1) is 15.1. The molecule has 0 bridgehead atoms. The molecule has 0 radical (unpaired) electrons.